The van der Waals surface area contributed by atoms with Crippen LogP contribution in [0.5, 0.6) is 0 Å². The van der Waals surface area contributed by atoms with Crippen LogP contribution in [0, 0.1) is 52.3 Å². The number of carbonyl (C=O) groups excluding carboxylic acids is 1. The molecule has 5 rings (SSSR count). The van der Waals surface area contributed by atoms with E-state index >= 15 is 0 Å². The first-order valence-electron chi connectivity index (χ1n) is 14.8. The van der Waals surface area contributed by atoms with Crippen molar-refractivity contribution in [3.05, 3.63) is 20.8 Å². The molecule has 0 spiro atoms. The molecule has 3 N–H and O–H groups in total. The molecule has 0 saturated heterocycles. The number of aliphatic hydroxyl groups is 2. The Morgan fingerprint density at radius 2 is 1.76 bits per heavy atom. The predicted octanol–water partition coefficient (Wildman–Crippen LogP) is 7.34. The smallest absolute Gasteiger partial charge is 0.220 e. The average molecular weight is 595 g/mol. The maximum absolute atomic E-state index is 13.3. The zero-order valence-electron chi connectivity index (χ0n) is 23.4. The lowest BCUT2D eigenvalue weighted by Crippen LogP contribution is -2.58. The van der Waals surface area contributed by atoms with Crippen LogP contribution in [0.1, 0.15) is 103 Å². The fraction of sp³-hybridized carbons (Fsp3) is 0.839. The molecular weight excluding hydrogens is 546 g/mol. The summed E-state index contributed by atoms with van der Waals surface area (Å²) in [6.07, 6.45) is 8.67. The first-order valence-corrected chi connectivity index (χ1v) is 16.5. The quantitative estimate of drug-likeness (QED) is 0.323. The topological polar surface area (TPSA) is 69.6 Å². The molecule has 4 aliphatic rings. The summed E-state index contributed by atoms with van der Waals surface area (Å²) in [5.41, 5.74) is 0.464. The molecule has 6 heteroatoms. The predicted molar refractivity (Wildman–Crippen MR) is 154 cm³/mol. The van der Waals surface area contributed by atoms with Crippen molar-refractivity contribution in [3.8, 4) is 0 Å². The number of thiophene rings is 1. The molecule has 0 aliphatic heterocycles. The summed E-state index contributed by atoms with van der Waals surface area (Å²) in [4.78, 5) is 14.5. The van der Waals surface area contributed by atoms with Crippen molar-refractivity contribution in [1.29, 1.82) is 0 Å². The van der Waals surface area contributed by atoms with Gasteiger partial charge in [-0.15, -0.1) is 11.3 Å². The third-order valence-corrected chi connectivity index (χ3v) is 13.5. The summed E-state index contributed by atoms with van der Waals surface area (Å²) in [6, 6.07) is 4.24. The van der Waals surface area contributed by atoms with E-state index in [1.807, 2.05) is 0 Å². The van der Waals surface area contributed by atoms with Crippen LogP contribution in [-0.4, -0.2) is 28.3 Å². The molecule has 37 heavy (non-hydrogen) atoms. The third-order valence-electron chi connectivity index (χ3n) is 11.8. The highest BCUT2D eigenvalue weighted by molar-refractivity contribution is 9.11. The lowest BCUT2D eigenvalue weighted by Gasteiger charge is -2.62. The van der Waals surface area contributed by atoms with Gasteiger partial charge in [0.05, 0.1) is 22.0 Å². The summed E-state index contributed by atoms with van der Waals surface area (Å²) in [5.74, 6) is 3.33. The molecule has 0 bridgehead atoms. The molecule has 208 valence electrons. The molecule has 4 nitrogen and oxygen atoms in total. The van der Waals surface area contributed by atoms with Crippen LogP contribution >= 0.6 is 27.3 Å². The number of hydrogen-bond donors (Lipinski definition) is 3. The second-order valence-electron chi connectivity index (χ2n) is 14.1. The fourth-order valence-corrected chi connectivity index (χ4v) is 11.6. The second kappa shape index (κ2) is 10.5. The first-order chi connectivity index (χ1) is 17.4. The highest BCUT2D eigenvalue weighted by Crippen LogP contribution is 2.68. The van der Waals surface area contributed by atoms with E-state index in [0.29, 0.717) is 47.8 Å². The Morgan fingerprint density at radius 1 is 1.05 bits per heavy atom. The van der Waals surface area contributed by atoms with Crippen molar-refractivity contribution >= 4 is 33.2 Å². The van der Waals surface area contributed by atoms with Gasteiger partial charge in [0.1, 0.15) is 0 Å². The number of halogens is 1. The van der Waals surface area contributed by atoms with Crippen LogP contribution < -0.4 is 5.32 Å². The van der Waals surface area contributed by atoms with Gasteiger partial charge < -0.3 is 15.5 Å². The number of amides is 1. The van der Waals surface area contributed by atoms with Gasteiger partial charge in [0.25, 0.3) is 0 Å². The van der Waals surface area contributed by atoms with Crippen molar-refractivity contribution in [1.82, 2.24) is 5.32 Å². The zero-order valence-corrected chi connectivity index (χ0v) is 25.8. The van der Waals surface area contributed by atoms with E-state index < -0.39 is 0 Å². The molecule has 11 atom stereocenters. The van der Waals surface area contributed by atoms with Crippen molar-refractivity contribution < 1.29 is 15.0 Å². The molecule has 0 aromatic carbocycles. The lowest BCUT2D eigenvalue weighted by atomic mass is 9.43. The summed E-state index contributed by atoms with van der Waals surface area (Å²) < 4.78 is 1.10. The molecule has 1 heterocycles. The summed E-state index contributed by atoms with van der Waals surface area (Å²) in [5, 5.41) is 25.2. The van der Waals surface area contributed by atoms with E-state index in [4.69, 9.17) is 0 Å². The maximum Gasteiger partial charge on any atom is 0.220 e. The van der Waals surface area contributed by atoms with Gasteiger partial charge in [-0.2, -0.15) is 0 Å². The number of fused-ring (bicyclic) bond motifs is 5. The highest BCUT2D eigenvalue weighted by Gasteiger charge is 2.62. The molecule has 1 aromatic rings. The molecule has 1 amide bonds. The number of nitrogens with one attached hydrogen (secondary N) is 1. The van der Waals surface area contributed by atoms with Crippen LogP contribution in [0.4, 0.5) is 0 Å². The van der Waals surface area contributed by atoms with Gasteiger partial charge in [-0.05, 0) is 132 Å². The SMILES string of the molecule is CC(C)C(NC(=O)C[C@@H](C)C1CC[C@H]2C3[C@H](O)CC4C[C@H](O)CCC4(C)[C@H]3CCC12C)c1ccc(Br)s1. The Bertz CT molecular complexity index is 981. The van der Waals surface area contributed by atoms with Crippen LogP contribution in [0.3, 0.4) is 0 Å². The fourth-order valence-electron chi connectivity index (χ4n) is 9.90. The van der Waals surface area contributed by atoms with E-state index in [2.05, 4.69) is 68.0 Å². The molecule has 4 aliphatic carbocycles. The minimum absolute atomic E-state index is 0.0541. The monoisotopic (exact) mass is 593 g/mol. The van der Waals surface area contributed by atoms with Crippen molar-refractivity contribution in [2.24, 2.45) is 52.3 Å². The Balaban J connectivity index is 1.27. The summed E-state index contributed by atoms with van der Waals surface area (Å²) >= 11 is 5.28. The van der Waals surface area contributed by atoms with Gasteiger partial charge in [-0.3, -0.25) is 4.79 Å². The standard InChI is InChI=1S/C31H48BrNO3S/c1-17(2)29(25-8-9-26(32)37-25)33-27(36)14-18(3)21-6-7-22-28-23(11-13-31(21,22)5)30(4)12-10-20(34)15-19(30)16-24(28)35/h8-9,17-24,28-29,34-35H,6-7,10-16H2,1-5H3,(H,33,36)/t18-,19?,20-,21?,22+,23+,24-,28?,29?,30?,31?/m1/s1. The second-order valence-corrected chi connectivity index (χ2v) is 16.6. The summed E-state index contributed by atoms with van der Waals surface area (Å²) in [7, 11) is 0. The minimum atomic E-state index is -0.243. The minimum Gasteiger partial charge on any atom is -0.393 e. The normalized spacial score (nSPS) is 43.0. The largest absolute Gasteiger partial charge is 0.393 e. The van der Waals surface area contributed by atoms with Gasteiger partial charge in [0.15, 0.2) is 0 Å². The van der Waals surface area contributed by atoms with Crippen LogP contribution in [0.15, 0.2) is 15.9 Å². The Kier molecular flexibility index (Phi) is 7.99. The van der Waals surface area contributed by atoms with Crippen LogP contribution in [-0.2, 0) is 4.79 Å². The van der Waals surface area contributed by atoms with Crippen LogP contribution in [0.2, 0.25) is 0 Å². The lowest BCUT2D eigenvalue weighted by molar-refractivity contribution is -0.174. The van der Waals surface area contributed by atoms with E-state index in [1.165, 1.54) is 30.6 Å². The summed E-state index contributed by atoms with van der Waals surface area (Å²) in [6.45, 7) is 11.6. The van der Waals surface area contributed by atoms with Gasteiger partial charge in [-0.25, -0.2) is 0 Å². The molecule has 0 radical (unpaired) electrons. The Labute approximate surface area is 236 Å². The van der Waals surface area contributed by atoms with Crippen LogP contribution in [0.25, 0.3) is 0 Å². The molecular formula is C31H48BrNO3S. The zero-order chi connectivity index (χ0) is 26.7. The maximum atomic E-state index is 13.3. The number of rotatable bonds is 6. The van der Waals surface area contributed by atoms with Gasteiger partial charge in [0, 0.05) is 11.3 Å². The number of aliphatic hydroxyl groups excluding tert-OH is 2. The molecule has 6 unspecified atom stereocenters. The third kappa shape index (κ3) is 5.00. The van der Waals surface area contributed by atoms with Gasteiger partial charge >= 0.3 is 0 Å². The Morgan fingerprint density at radius 3 is 2.43 bits per heavy atom. The van der Waals surface area contributed by atoms with Gasteiger partial charge in [0.2, 0.25) is 5.91 Å². The number of carbonyl (C=O) groups is 1. The van der Waals surface area contributed by atoms with E-state index in [0.717, 1.165) is 29.5 Å². The van der Waals surface area contributed by atoms with E-state index in [1.54, 1.807) is 11.3 Å². The molecule has 1 aromatic heterocycles. The molecule has 4 fully saturated rings. The van der Waals surface area contributed by atoms with E-state index in [-0.39, 0.29) is 35.0 Å². The van der Waals surface area contributed by atoms with Crippen molar-refractivity contribution in [3.63, 3.8) is 0 Å². The van der Waals surface area contributed by atoms with Crippen molar-refractivity contribution in [2.45, 2.75) is 111 Å². The highest BCUT2D eigenvalue weighted by atomic mass is 79.9. The average Bonchev–Trinajstić information content (AvgIpc) is 3.41. The molecule has 4 saturated carbocycles. The van der Waals surface area contributed by atoms with Gasteiger partial charge in [-0.1, -0.05) is 34.6 Å². The van der Waals surface area contributed by atoms with Crippen molar-refractivity contribution in [2.75, 3.05) is 0 Å². The number of hydrogen-bond acceptors (Lipinski definition) is 4. The van der Waals surface area contributed by atoms with E-state index in [9.17, 15) is 15.0 Å². The Hall–Kier alpha value is -0.430. The first kappa shape index (κ1) is 28.1.